The summed E-state index contributed by atoms with van der Waals surface area (Å²) in [4.78, 5) is 14.8. The van der Waals surface area contributed by atoms with Crippen LogP contribution in [-0.2, 0) is 4.74 Å². The van der Waals surface area contributed by atoms with Crippen LogP contribution in [0.4, 0.5) is 0 Å². The molecule has 1 aliphatic heterocycles. The summed E-state index contributed by atoms with van der Waals surface area (Å²) in [6.45, 7) is 4.18. The van der Waals surface area contributed by atoms with Crippen LogP contribution < -0.4 is 9.47 Å². The highest BCUT2D eigenvalue weighted by molar-refractivity contribution is 5.95. The van der Waals surface area contributed by atoms with E-state index in [2.05, 4.69) is 0 Å². The zero-order valence-corrected chi connectivity index (χ0v) is 15.0. The smallest absolute Gasteiger partial charge is 0.256 e. The van der Waals surface area contributed by atoms with E-state index in [1.54, 1.807) is 25.2 Å². The van der Waals surface area contributed by atoms with Crippen molar-refractivity contribution in [2.24, 2.45) is 0 Å². The summed E-state index contributed by atoms with van der Waals surface area (Å²) < 4.78 is 16.6. The Morgan fingerprint density at radius 3 is 2.52 bits per heavy atom. The van der Waals surface area contributed by atoms with Crippen molar-refractivity contribution < 1.29 is 19.0 Å². The van der Waals surface area contributed by atoms with Gasteiger partial charge in [0, 0.05) is 5.56 Å². The van der Waals surface area contributed by atoms with Gasteiger partial charge in [0.25, 0.3) is 5.91 Å². The van der Waals surface area contributed by atoms with Gasteiger partial charge < -0.3 is 19.1 Å². The molecule has 0 aliphatic carbocycles. The van der Waals surface area contributed by atoms with E-state index in [0.29, 0.717) is 17.1 Å². The van der Waals surface area contributed by atoms with Crippen LogP contribution in [0.1, 0.15) is 34.5 Å². The summed E-state index contributed by atoms with van der Waals surface area (Å²) in [6.07, 6.45) is -0.119. The molecule has 3 rings (SSSR count). The first-order chi connectivity index (χ1) is 12.1. The number of aryl methyl sites for hydroxylation is 1. The van der Waals surface area contributed by atoms with Gasteiger partial charge in [0.2, 0.25) is 0 Å². The largest absolute Gasteiger partial charge is 0.493 e. The van der Waals surface area contributed by atoms with Crippen molar-refractivity contribution in [3.8, 4) is 11.5 Å². The van der Waals surface area contributed by atoms with Crippen molar-refractivity contribution in [3.63, 3.8) is 0 Å². The number of carbonyl (C=O) groups is 1. The van der Waals surface area contributed by atoms with Gasteiger partial charge in [-0.15, -0.1) is 0 Å². The first kappa shape index (κ1) is 17.3. The Kier molecular flexibility index (Phi) is 4.95. The lowest BCUT2D eigenvalue weighted by Crippen LogP contribution is -2.35. The average Bonchev–Trinajstić information content (AvgIpc) is 3.02. The summed E-state index contributed by atoms with van der Waals surface area (Å²) in [7, 11) is 3.16. The second kappa shape index (κ2) is 7.15. The summed E-state index contributed by atoms with van der Waals surface area (Å²) in [5.41, 5.74) is 2.51. The molecule has 0 radical (unpaired) electrons. The number of ether oxygens (including phenoxy) is 3. The Bertz CT molecular complexity index is 760. The molecule has 0 aromatic heterocycles. The van der Waals surface area contributed by atoms with E-state index < -0.39 is 0 Å². The zero-order valence-electron chi connectivity index (χ0n) is 15.0. The van der Waals surface area contributed by atoms with Crippen molar-refractivity contribution in [2.75, 3.05) is 21.0 Å². The van der Waals surface area contributed by atoms with Crippen LogP contribution in [-0.4, -0.2) is 37.8 Å². The molecule has 0 spiro atoms. The van der Waals surface area contributed by atoms with E-state index in [9.17, 15) is 4.79 Å². The highest BCUT2D eigenvalue weighted by Gasteiger charge is 2.36. The van der Waals surface area contributed by atoms with Crippen LogP contribution in [0.15, 0.2) is 42.5 Å². The first-order valence-electron chi connectivity index (χ1n) is 8.27. The molecule has 0 N–H and O–H groups in total. The molecule has 2 aromatic carbocycles. The van der Waals surface area contributed by atoms with Crippen LogP contribution in [0.5, 0.6) is 11.5 Å². The minimum Gasteiger partial charge on any atom is -0.493 e. The minimum absolute atomic E-state index is 0.0525. The lowest BCUT2D eigenvalue weighted by molar-refractivity contribution is 0.0624. The number of amides is 1. The molecule has 1 aliphatic rings. The van der Waals surface area contributed by atoms with E-state index >= 15 is 0 Å². The topological polar surface area (TPSA) is 48.0 Å². The molecule has 2 atom stereocenters. The van der Waals surface area contributed by atoms with E-state index in [1.165, 1.54) is 0 Å². The zero-order chi connectivity index (χ0) is 18.0. The SMILES string of the molecule is COc1cc(C(=O)N2CO[C@H](c3ccccc3)[C@H]2C)cc(C)c1OC. The summed E-state index contributed by atoms with van der Waals surface area (Å²) in [6, 6.07) is 13.5. The number of hydrogen-bond acceptors (Lipinski definition) is 4. The molecule has 0 saturated carbocycles. The third kappa shape index (κ3) is 3.20. The summed E-state index contributed by atoms with van der Waals surface area (Å²) >= 11 is 0. The predicted molar refractivity (Wildman–Crippen MR) is 95.0 cm³/mol. The maximum absolute atomic E-state index is 13.0. The lowest BCUT2D eigenvalue weighted by atomic mass is 10.0. The molecule has 1 amide bonds. The molecule has 2 aromatic rings. The van der Waals surface area contributed by atoms with Gasteiger partial charge in [-0.25, -0.2) is 0 Å². The second-order valence-electron chi connectivity index (χ2n) is 6.17. The maximum atomic E-state index is 13.0. The van der Waals surface area contributed by atoms with E-state index in [4.69, 9.17) is 14.2 Å². The summed E-state index contributed by atoms with van der Waals surface area (Å²) in [5.74, 6) is 1.13. The number of nitrogens with zero attached hydrogens (tertiary/aromatic N) is 1. The monoisotopic (exact) mass is 341 g/mol. The van der Waals surface area contributed by atoms with Gasteiger partial charge in [-0.1, -0.05) is 30.3 Å². The maximum Gasteiger partial charge on any atom is 0.256 e. The van der Waals surface area contributed by atoms with E-state index in [-0.39, 0.29) is 24.8 Å². The van der Waals surface area contributed by atoms with Gasteiger partial charge in [0.15, 0.2) is 11.5 Å². The van der Waals surface area contributed by atoms with Crippen molar-refractivity contribution in [3.05, 3.63) is 59.2 Å². The molecule has 5 nitrogen and oxygen atoms in total. The third-order valence-corrected chi connectivity index (χ3v) is 4.62. The quantitative estimate of drug-likeness (QED) is 0.853. The average molecular weight is 341 g/mol. The van der Waals surface area contributed by atoms with Gasteiger partial charge in [0.1, 0.15) is 12.8 Å². The number of methoxy groups -OCH3 is 2. The molecular weight excluding hydrogens is 318 g/mol. The highest BCUT2D eigenvalue weighted by atomic mass is 16.5. The summed E-state index contributed by atoms with van der Waals surface area (Å²) in [5, 5.41) is 0. The Balaban J connectivity index is 1.86. The number of benzene rings is 2. The van der Waals surface area contributed by atoms with Crippen LogP contribution >= 0.6 is 0 Å². The Morgan fingerprint density at radius 2 is 1.88 bits per heavy atom. The van der Waals surface area contributed by atoms with Crippen molar-refractivity contribution in [1.82, 2.24) is 4.90 Å². The van der Waals surface area contributed by atoms with Gasteiger partial charge in [-0.05, 0) is 37.1 Å². The number of hydrogen-bond donors (Lipinski definition) is 0. The second-order valence-corrected chi connectivity index (χ2v) is 6.17. The van der Waals surface area contributed by atoms with Crippen LogP contribution in [0.2, 0.25) is 0 Å². The molecule has 0 unspecified atom stereocenters. The standard InChI is InChI=1S/C20H23NO4/c1-13-10-16(11-17(23-3)18(13)24-4)20(22)21-12-25-19(14(21)2)15-8-6-5-7-9-15/h5-11,14,19H,12H2,1-4H3/t14-,19+/m1/s1. The van der Waals surface area contributed by atoms with Crippen LogP contribution in [0, 0.1) is 6.92 Å². The number of rotatable bonds is 4. The number of carbonyl (C=O) groups excluding carboxylic acids is 1. The fourth-order valence-corrected chi connectivity index (χ4v) is 3.29. The van der Waals surface area contributed by atoms with Crippen LogP contribution in [0.3, 0.4) is 0 Å². The van der Waals surface area contributed by atoms with Gasteiger partial charge >= 0.3 is 0 Å². The highest BCUT2D eigenvalue weighted by Crippen LogP contribution is 2.35. The molecule has 0 bridgehead atoms. The van der Waals surface area contributed by atoms with Gasteiger partial charge in [-0.3, -0.25) is 4.79 Å². The van der Waals surface area contributed by atoms with Crippen LogP contribution in [0.25, 0.3) is 0 Å². The van der Waals surface area contributed by atoms with Gasteiger partial charge in [-0.2, -0.15) is 0 Å². The Morgan fingerprint density at radius 1 is 1.16 bits per heavy atom. The molecule has 132 valence electrons. The fraction of sp³-hybridized carbons (Fsp3) is 0.350. The Labute approximate surface area is 148 Å². The molecule has 1 saturated heterocycles. The van der Waals surface area contributed by atoms with Crippen molar-refractivity contribution in [1.29, 1.82) is 0 Å². The predicted octanol–water partition coefficient (Wildman–Crippen LogP) is 3.57. The Hall–Kier alpha value is -2.53. The molecule has 1 heterocycles. The van der Waals surface area contributed by atoms with Crippen molar-refractivity contribution in [2.45, 2.75) is 26.0 Å². The lowest BCUT2D eigenvalue weighted by Gasteiger charge is -2.23. The third-order valence-electron chi connectivity index (χ3n) is 4.62. The van der Waals surface area contributed by atoms with E-state index in [1.807, 2.05) is 50.2 Å². The minimum atomic E-state index is -0.119. The van der Waals surface area contributed by atoms with Crippen molar-refractivity contribution >= 4 is 5.91 Å². The molecule has 1 fully saturated rings. The molecular formula is C20H23NO4. The van der Waals surface area contributed by atoms with E-state index in [0.717, 1.165) is 11.1 Å². The van der Waals surface area contributed by atoms with Gasteiger partial charge in [0.05, 0.1) is 20.3 Å². The normalized spacial score (nSPS) is 19.8. The first-order valence-corrected chi connectivity index (χ1v) is 8.27. The molecule has 25 heavy (non-hydrogen) atoms. The fourth-order valence-electron chi connectivity index (χ4n) is 3.29. The molecule has 5 heteroatoms.